The largest absolute Gasteiger partial charge is 0.490 e. The van der Waals surface area contributed by atoms with Gasteiger partial charge in [0.05, 0.1) is 5.69 Å². The molecule has 1 atom stereocenters. The molecule has 1 amide bonds. The lowest BCUT2D eigenvalue weighted by atomic mass is 9.98. The van der Waals surface area contributed by atoms with Gasteiger partial charge in [0.15, 0.2) is 0 Å². The summed E-state index contributed by atoms with van der Waals surface area (Å²) in [6.07, 6.45) is 2.85. The number of hydrogen-bond donors (Lipinski definition) is 1. The van der Waals surface area contributed by atoms with Gasteiger partial charge in [0.2, 0.25) is 5.91 Å². The van der Waals surface area contributed by atoms with E-state index in [2.05, 4.69) is 27.8 Å². The van der Waals surface area contributed by atoms with E-state index in [-0.39, 0.29) is 0 Å². The van der Waals surface area contributed by atoms with Gasteiger partial charge in [0.1, 0.15) is 12.4 Å². The molecule has 1 aromatic carbocycles. The van der Waals surface area contributed by atoms with Crippen LogP contribution in [-0.2, 0) is 9.53 Å². The van der Waals surface area contributed by atoms with Crippen molar-refractivity contribution in [2.45, 2.75) is 24.2 Å². The van der Waals surface area contributed by atoms with Gasteiger partial charge in [-0.25, -0.2) is 4.31 Å². The SMILES string of the molecule is O=C(CC1CCCOC1)N1CC2=C(CN(Sc3ccc4c(c3)NCCO4)C2)C1. The van der Waals surface area contributed by atoms with Crippen LogP contribution < -0.4 is 10.1 Å². The fourth-order valence-corrected chi connectivity index (χ4v) is 5.49. The van der Waals surface area contributed by atoms with Crippen molar-refractivity contribution in [3.05, 3.63) is 29.3 Å². The van der Waals surface area contributed by atoms with Crippen molar-refractivity contribution in [3.63, 3.8) is 0 Å². The van der Waals surface area contributed by atoms with Gasteiger partial charge in [-0.1, -0.05) is 0 Å². The Bertz CT molecular complexity index is 773. The third kappa shape index (κ3) is 3.88. The molecule has 5 rings (SSSR count). The lowest BCUT2D eigenvalue weighted by Gasteiger charge is -2.26. The summed E-state index contributed by atoms with van der Waals surface area (Å²) in [4.78, 5) is 15.9. The molecule has 0 radical (unpaired) electrons. The van der Waals surface area contributed by atoms with E-state index in [0.29, 0.717) is 18.2 Å². The van der Waals surface area contributed by atoms with Crippen molar-refractivity contribution in [2.24, 2.45) is 5.92 Å². The average molecular weight is 402 g/mol. The molecule has 1 fully saturated rings. The first-order valence-corrected chi connectivity index (χ1v) is 11.0. The number of hydrogen-bond acceptors (Lipinski definition) is 6. The van der Waals surface area contributed by atoms with E-state index in [0.717, 1.165) is 76.8 Å². The minimum absolute atomic E-state index is 0.296. The summed E-state index contributed by atoms with van der Waals surface area (Å²) in [5.74, 6) is 1.64. The molecule has 4 aliphatic rings. The highest BCUT2D eigenvalue weighted by Crippen LogP contribution is 2.37. The molecule has 0 aliphatic carbocycles. The van der Waals surface area contributed by atoms with Crippen LogP contribution >= 0.6 is 11.9 Å². The molecule has 4 heterocycles. The summed E-state index contributed by atoms with van der Waals surface area (Å²) >= 11 is 1.80. The van der Waals surface area contributed by atoms with Crippen molar-refractivity contribution < 1.29 is 14.3 Å². The number of benzene rings is 1. The van der Waals surface area contributed by atoms with Crippen molar-refractivity contribution in [2.75, 3.05) is 57.9 Å². The smallest absolute Gasteiger partial charge is 0.223 e. The Morgan fingerprint density at radius 2 is 2.04 bits per heavy atom. The summed E-state index contributed by atoms with van der Waals surface area (Å²) in [7, 11) is 0. The number of rotatable bonds is 4. The number of anilines is 1. The fraction of sp³-hybridized carbons (Fsp3) is 0.571. The number of carbonyl (C=O) groups is 1. The molecule has 6 nitrogen and oxygen atoms in total. The van der Waals surface area contributed by atoms with E-state index in [1.807, 2.05) is 4.90 Å². The van der Waals surface area contributed by atoms with Gasteiger partial charge in [-0.3, -0.25) is 4.79 Å². The summed E-state index contributed by atoms with van der Waals surface area (Å²) in [5.41, 5.74) is 3.94. The second-order valence-corrected chi connectivity index (χ2v) is 9.24. The highest BCUT2D eigenvalue weighted by Gasteiger charge is 2.33. The molecule has 1 unspecified atom stereocenters. The van der Waals surface area contributed by atoms with E-state index < -0.39 is 0 Å². The Kier molecular flexibility index (Phi) is 5.22. The van der Waals surface area contributed by atoms with Crippen LogP contribution in [0.15, 0.2) is 34.2 Å². The van der Waals surface area contributed by atoms with Crippen LogP contribution in [-0.4, -0.2) is 67.7 Å². The second-order valence-electron chi connectivity index (χ2n) is 8.07. The third-order valence-corrected chi connectivity index (χ3v) is 6.91. The number of fused-ring (bicyclic) bond motifs is 1. The Balaban J connectivity index is 1.13. The minimum atomic E-state index is 0.296. The fourth-order valence-electron chi connectivity index (χ4n) is 4.46. The standard InChI is InChI=1S/C21H27N3O3S/c25-21(8-15-2-1-6-26-14-15)23-10-16-12-24(13-17(16)11-23)28-18-3-4-20-19(9-18)22-5-7-27-20/h3-4,9,15,22H,1-2,5-8,10-14H2. The maximum Gasteiger partial charge on any atom is 0.223 e. The van der Waals surface area contributed by atoms with E-state index in [1.165, 1.54) is 16.0 Å². The van der Waals surface area contributed by atoms with Gasteiger partial charge < -0.3 is 19.7 Å². The van der Waals surface area contributed by atoms with E-state index in [9.17, 15) is 4.79 Å². The summed E-state index contributed by atoms with van der Waals surface area (Å²) in [5, 5.41) is 3.40. The predicted molar refractivity (Wildman–Crippen MR) is 110 cm³/mol. The molecule has 7 heteroatoms. The van der Waals surface area contributed by atoms with E-state index in [1.54, 1.807) is 11.9 Å². The molecule has 1 aromatic rings. The normalized spacial score (nSPS) is 24.6. The first-order chi connectivity index (χ1) is 13.7. The van der Waals surface area contributed by atoms with Crippen LogP contribution in [0.25, 0.3) is 0 Å². The molecule has 28 heavy (non-hydrogen) atoms. The lowest BCUT2D eigenvalue weighted by Crippen LogP contribution is -2.34. The summed E-state index contributed by atoms with van der Waals surface area (Å²) in [6, 6.07) is 6.35. The first kappa shape index (κ1) is 18.3. The highest BCUT2D eigenvalue weighted by atomic mass is 32.2. The summed E-state index contributed by atoms with van der Waals surface area (Å²) in [6.45, 7) is 6.68. The number of ether oxygens (including phenoxy) is 2. The molecule has 150 valence electrons. The first-order valence-electron chi connectivity index (χ1n) is 10.2. The topological polar surface area (TPSA) is 54.0 Å². The Labute approximate surface area is 170 Å². The van der Waals surface area contributed by atoms with E-state index >= 15 is 0 Å². The predicted octanol–water partition coefficient (Wildman–Crippen LogP) is 2.77. The molecule has 4 aliphatic heterocycles. The van der Waals surface area contributed by atoms with Crippen LogP contribution in [0.3, 0.4) is 0 Å². The monoisotopic (exact) mass is 401 g/mol. The molecule has 1 N–H and O–H groups in total. The van der Waals surface area contributed by atoms with Crippen molar-refractivity contribution in [1.29, 1.82) is 0 Å². The van der Waals surface area contributed by atoms with Gasteiger partial charge >= 0.3 is 0 Å². The Morgan fingerprint density at radius 3 is 2.82 bits per heavy atom. The van der Waals surface area contributed by atoms with Crippen LogP contribution in [0.1, 0.15) is 19.3 Å². The zero-order valence-corrected chi connectivity index (χ0v) is 16.9. The van der Waals surface area contributed by atoms with Gasteiger partial charge in [-0.2, -0.15) is 0 Å². The van der Waals surface area contributed by atoms with Gasteiger partial charge in [-0.05, 0) is 60.1 Å². The van der Waals surface area contributed by atoms with Gasteiger partial charge in [0.25, 0.3) is 0 Å². The van der Waals surface area contributed by atoms with Gasteiger partial charge in [0, 0.05) is 57.3 Å². The third-order valence-electron chi connectivity index (χ3n) is 5.93. The molecule has 0 bridgehead atoms. The summed E-state index contributed by atoms with van der Waals surface area (Å²) < 4.78 is 13.6. The van der Waals surface area contributed by atoms with Crippen LogP contribution in [0.4, 0.5) is 5.69 Å². The molecule has 0 saturated carbocycles. The molecule has 1 saturated heterocycles. The van der Waals surface area contributed by atoms with Crippen molar-refractivity contribution in [3.8, 4) is 5.75 Å². The van der Waals surface area contributed by atoms with Gasteiger partial charge in [-0.15, -0.1) is 0 Å². The Morgan fingerprint density at radius 1 is 1.18 bits per heavy atom. The molecule has 0 spiro atoms. The number of nitrogens with zero attached hydrogens (tertiary/aromatic N) is 2. The minimum Gasteiger partial charge on any atom is -0.490 e. The quantitative estimate of drug-likeness (QED) is 0.619. The maximum absolute atomic E-state index is 12.7. The van der Waals surface area contributed by atoms with Crippen molar-refractivity contribution >= 4 is 23.5 Å². The molecular formula is C21H27N3O3S. The van der Waals surface area contributed by atoms with Crippen LogP contribution in [0, 0.1) is 5.92 Å². The highest BCUT2D eigenvalue weighted by molar-refractivity contribution is 7.97. The maximum atomic E-state index is 12.7. The molecular weight excluding hydrogens is 374 g/mol. The van der Waals surface area contributed by atoms with Crippen LogP contribution in [0.2, 0.25) is 0 Å². The molecule has 0 aromatic heterocycles. The average Bonchev–Trinajstić information content (AvgIpc) is 3.27. The number of carbonyl (C=O) groups excluding carboxylic acids is 1. The Hall–Kier alpha value is -1.70. The number of nitrogens with one attached hydrogen (secondary N) is 1. The second kappa shape index (κ2) is 7.97. The van der Waals surface area contributed by atoms with Crippen molar-refractivity contribution in [1.82, 2.24) is 9.21 Å². The zero-order chi connectivity index (χ0) is 18.9. The number of amides is 1. The lowest BCUT2D eigenvalue weighted by molar-refractivity contribution is -0.132. The zero-order valence-electron chi connectivity index (χ0n) is 16.1. The van der Waals surface area contributed by atoms with Crippen LogP contribution in [0.5, 0.6) is 5.75 Å². The van der Waals surface area contributed by atoms with E-state index in [4.69, 9.17) is 9.47 Å².